The second-order valence-corrected chi connectivity index (χ2v) is 4.52. The Morgan fingerprint density at radius 2 is 1.94 bits per heavy atom. The van der Waals surface area contributed by atoms with Gasteiger partial charge in [-0.05, 0) is 31.9 Å². The minimum Gasteiger partial charge on any atom is -0.376 e. The molecule has 0 saturated carbocycles. The fourth-order valence-corrected chi connectivity index (χ4v) is 2.12. The second-order valence-electron chi connectivity index (χ2n) is 4.52. The van der Waals surface area contributed by atoms with Gasteiger partial charge in [0.05, 0.1) is 11.4 Å². The maximum Gasteiger partial charge on any atom is 0.0825 e. The van der Waals surface area contributed by atoms with Crippen LogP contribution in [0.5, 0.6) is 0 Å². The lowest BCUT2D eigenvalue weighted by molar-refractivity contribution is 0.756. The van der Waals surface area contributed by atoms with Crippen LogP contribution in [0.4, 0.5) is 5.69 Å². The Bertz CT molecular complexity index is 514. The number of aryl methyl sites for hydroxylation is 3. The maximum atomic E-state index is 4.33. The number of nitrogens with zero attached hydrogens (tertiary/aromatic N) is 2. The first kappa shape index (κ1) is 11.7. The van der Waals surface area contributed by atoms with E-state index in [2.05, 4.69) is 48.5 Å². The molecule has 1 atom stereocenters. The van der Waals surface area contributed by atoms with Gasteiger partial charge in [0.1, 0.15) is 0 Å². The van der Waals surface area contributed by atoms with Gasteiger partial charge in [-0.3, -0.25) is 4.68 Å². The third-order valence-electron chi connectivity index (χ3n) is 3.04. The smallest absolute Gasteiger partial charge is 0.0825 e. The summed E-state index contributed by atoms with van der Waals surface area (Å²) in [5, 5.41) is 7.84. The molecule has 17 heavy (non-hydrogen) atoms. The molecular weight excluding hydrogens is 210 g/mol. The molecular formula is C14H19N3. The fourth-order valence-electron chi connectivity index (χ4n) is 2.12. The van der Waals surface area contributed by atoms with Crippen LogP contribution in [-0.2, 0) is 7.05 Å². The van der Waals surface area contributed by atoms with E-state index in [4.69, 9.17) is 0 Å². The zero-order chi connectivity index (χ0) is 12.4. The average molecular weight is 229 g/mol. The lowest BCUT2D eigenvalue weighted by atomic mass is 10.0. The SMILES string of the molecule is Cc1ccccc1C(C)Nc1cn(C)nc1C. The highest BCUT2D eigenvalue weighted by atomic mass is 15.3. The van der Waals surface area contributed by atoms with Crippen LogP contribution >= 0.6 is 0 Å². The molecule has 1 N–H and O–H groups in total. The summed E-state index contributed by atoms with van der Waals surface area (Å²) in [4.78, 5) is 0. The lowest BCUT2D eigenvalue weighted by Gasteiger charge is -2.17. The molecule has 0 saturated heterocycles. The first-order valence-corrected chi connectivity index (χ1v) is 5.90. The van der Waals surface area contributed by atoms with Crippen LogP contribution in [0.15, 0.2) is 30.5 Å². The normalized spacial score (nSPS) is 12.5. The molecule has 0 bridgehead atoms. The molecule has 1 heterocycles. The van der Waals surface area contributed by atoms with Crippen molar-refractivity contribution in [3.05, 3.63) is 47.3 Å². The second kappa shape index (κ2) is 4.62. The van der Waals surface area contributed by atoms with E-state index in [1.54, 1.807) is 0 Å². The standard InChI is InChI=1S/C14H19N3/c1-10-7-5-6-8-13(10)11(2)15-14-9-17(4)16-12(14)3/h5-9,11,15H,1-4H3. The Hall–Kier alpha value is -1.77. The van der Waals surface area contributed by atoms with E-state index < -0.39 is 0 Å². The van der Waals surface area contributed by atoms with Crippen LogP contribution in [0.1, 0.15) is 29.8 Å². The third kappa shape index (κ3) is 2.49. The van der Waals surface area contributed by atoms with E-state index in [9.17, 15) is 0 Å². The Morgan fingerprint density at radius 3 is 2.53 bits per heavy atom. The molecule has 0 fully saturated rings. The van der Waals surface area contributed by atoms with Crippen molar-refractivity contribution >= 4 is 5.69 Å². The van der Waals surface area contributed by atoms with Crippen LogP contribution in [0.3, 0.4) is 0 Å². The summed E-state index contributed by atoms with van der Waals surface area (Å²) in [7, 11) is 1.94. The summed E-state index contributed by atoms with van der Waals surface area (Å²) < 4.78 is 1.84. The van der Waals surface area contributed by atoms with Crippen LogP contribution in [0, 0.1) is 13.8 Å². The van der Waals surface area contributed by atoms with Crippen molar-refractivity contribution in [2.24, 2.45) is 7.05 Å². The zero-order valence-corrected chi connectivity index (χ0v) is 10.9. The summed E-state index contributed by atoms with van der Waals surface area (Å²) in [5.74, 6) is 0. The predicted molar refractivity (Wildman–Crippen MR) is 71.2 cm³/mol. The van der Waals surface area contributed by atoms with Gasteiger partial charge in [0.25, 0.3) is 0 Å². The number of benzene rings is 1. The van der Waals surface area contributed by atoms with Gasteiger partial charge in [0, 0.05) is 19.3 Å². The minimum absolute atomic E-state index is 0.291. The first-order chi connectivity index (χ1) is 8.08. The van der Waals surface area contributed by atoms with Gasteiger partial charge >= 0.3 is 0 Å². The molecule has 3 nitrogen and oxygen atoms in total. The summed E-state index contributed by atoms with van der Waals surface area (Å²) in [6.45, 7) is 6.34. The molecule has 2 aromatic rings. The highest BCUT2D eigenvalue weighted by Crippen LogP contribution is 2.23. The van der Waals surface area contributed by atoms with Gasteiger partial charge in [-0.15, -0.1) is 0 Å². The van der Waals surface area contributed by atoms with Crippen molar-refractivity contribution in [3.8, 4) is 0 Å². The van der Waals surface area contributed by atoms with Gasteiger partial charge in [-0.1, -0.05) is 24.3 Å². The molecule has 0 amide bonds. The van der Waals surface area contributed by atoms with Gasteiger partial charge in [-0.2, -0.15) is 5.10 Å². The van der Waals surface area contributed by atoms with Crippen molar-refractivity contribution in [1.82, 2.24) is 9.78 Å². The Morgan fingerprint density at radius 1 is 1.24 bits per heavy atom. The Labute approximate surface area is 102 Å². The summed E-state index contributed by atoms with van der Waals surface area (Å²) in [5.41, 5.74) is 4.78. The highest BCUT2D eigenvalue weighted by Gasteiger charge is 2.10. The van der Waals surface area contributed by atoms with E-state index in [1.165, 1.54) is 11.1 Å². The van der Waals surface area contributed by atoms with Gasteiger partial charge in [0.2, 0.25) is 0 Å². The van der Waals surface area contributed by atoms with Crippen LogP contribution in [0.25, 0.3) is 0 Å². The van der Waals surface area contributed by atoms with Crippen molar-refractivity contribution in [2.45, 2.75) is 26.8 Å². The molecule has 1 aromatic carbocycles. The monoisotopic (exact) mass is 229 g/mol. The quantitative estimate of drug-likeness (QED) is 0.875. The zero-order valence-electron chi connectivity index (χ0n) is 10.9. The van der Waals surface area contributed by atoms with Crippen LogP contribution in [-0.4, -0.2) is 9.78 Å². The number of aromatic nitrogens is 2. The topological polar surface area (TPSA) is 29.9 Å². The van der Waals surface area contributed by atoms with Crippen LogP contribution < -0.4 is 5.32 Å². The highest BCUT2D eigenvalue weighted by molar-refractivity contribution is 5.48. The van der Waals surface area contributed by atoms with Gasteiger partial charge in [-0.25, -0.2) is 0 Å². The molecule has 2 rings (SSSR count). The number of rotatable bonds is 3. The van der Waals surface area contributed by atoms with Crippen LogP contribution in [0.2, 0.25) is 0 Å². The first-order valence-electron chi connectivity index (χ1n) is 5.90. The number of anilines is 1. The number of hydrogen-bond donors (Lipinski definition) is 1. The molecule has 0 spiro atoms. The van der Waals surface area contributed by atoms with Gasteiger partial charge < -0.3 is 5.32 Å². The molecule has 3 heteroatoms. The molecule has 0 aliphatic heterocycles. The van der Waals surface area contributed by atoms with E-state index in [-0.39, 0.29) is 0 Å². The fraction of sp³-hybridized carbons (Fsp3) is 0.357. The molecule has 0 aliphatic rings. The van der Waals surface area contributed by atoms with Gasteiger partial charge in [0.15, 0.2) is 0 Å². The van der Waals surface area contributed by atoms with E-state index in [0.717, 1.165) is 11.4 Å². The van der Waals surface area contributed by atoms with E-state index in [0.29, 0.717) is 6.04 Å². The molecule has 90 valence electrons. The number of hydrogen-bond acceptors (Lipinski definition) is 2. The molecule has 0 aliphatic carbocycles. The molecule has 0 radical (unpaired) electrons. The van der Waals surface area contributed by atoms with Crippen molar-refractivity contribution < 1.29 is 0 Å². The lowest BCUT2D eigenvalue weighted by Crippen LogP contribution is -2.08. The summed E-state index contributed by atoms with van der Waals surface area (Å²) in [6, 6.07) is 8.75. The van der Waals surface area contributed by atoms with Crippen molar-refractivity contribution in [3.63, 3.8) is 0 Å². The maximum absolute atomic E-state index is 4.33. The minimum atomic E-state index is 0.291. The summed E-state index contributed by atoms with van der Waals surface area (Å²) >= 11 is 0. The molecule has 1 aromatic heterocycles. The van der Waals surface area contributed by atoms with Crippen molar-refractivity contribution in [1.29, 1.82) is 0 Å². The largest absolute Gasteiger partial charge is 0.376 e. The summed E-state index contributed by atoms with van der Waals surface area (Å²) in [6.07, 6.45) is 2.02. The number of nitrogens with one attached hydrogen (secondary N) is 1. The molecule has 1 unspecified atom stereocenters. The Kier molecular flexibility index (Phi) is 3.18. The predicted octanol–water partition coefficient (Wildman–Crippen LogP) is 3.21. The average Bonchev–Trinajstić information content (AvgIpc) is 2.58. The van der Waals surface area contributed by atoms with E-state index >= 15 is 0 Å². The third-order valence-corrected chi connectivity index (χ3v) is 3.04. The Balaban J connectivity index is 2.20. The van der Waals surface area contributed by atoms with E-state index in [1.807, 2.05) is 24.9 Å². The van der Waals surface area contributed by atoms with Crippen molar-refractivity contribution in [2.75, 3.05) is 5.32 Å².